The van der Waals surface area contributed by atoms with Crippen LogP contribution in [0.2, 0.25) is 0 Å². The molecule has 1 unspecified atom stereocenters. The molecular weight excluding hydrogens is 302 g/mol. The molecule has 0 amide bonds. The van der Waals surface area contributed by atoms with E-state index >= 15 is 0 Å². The van der Waals surface area contributed by atoms with Gasteiger partial charge >= 0.3 is 0 Å². The third-order valence-corrected chi connectivity index (χ3v) is 4.57. The zero-order valence-corrected chi connectivity index (χ0v) is 14.5. The molecular formula is C15H28BrN3. The molecule has 1 rings (SSSR count). The minimum absolute atomic E-state index is 0.590. The summed E-state index contributed by atoms with van der Waals surface area (Å²) in [5.74, 6) is 0.671. The summed E-state index contributed by atoms with van der Waals surface area (Å²) in [6, 6.07) is 0.590. The smallest absolute Gasteiger partial charge is 0.0766 e. The molecule has 0 bridgehead atoms. The van der Waals surface area contributed by atoms with Gasteiger partial charge in [0.05, 0.1) is 15.9 Å². The van der Waals surface area contributed by atoms with Crippen LogP contribution in [0.15, 0.2) is 4.47 Å². The Labute approximate surface area is 126 Å². The summed E-state index contributed by atoms with van der Waals surface area (Å²) in [5, 5.41) is 8.22. The van der Waals surface area contributed by atoms with Crippen molar-refractivity contribution in [3.05, 3.63) is 15.9 Å². The van der Waals surface area contributed by atoms with Gasteiger partial charge in [0.15, 0.2) is 0 Å². The molecule has 0 aliphatic heterocycles. The van der Waals surface area contributed by atoms with Gasteiger partial charge in [0.2, 0.25) is 0 Å². The SMILES string of the molecule is CCCNC(CCc1c(Br)c(CC)nn1C)C(C)C. The number of aryl methyl sites for hydroxylation is 2. The van der Waals surface area contributed by atoms with Crippen LogP contribution in [0, 0.1) is 5.92 Å². The highest BCUT2D eigenvalue weighted by Gasteiger charge is 2.16. The van der Waals surface area contributed by atoms with E-state index in [2.05, 4.69) is 54.0 Å². The summed E-state index contributed by atoms with van der Waals surface area (Å²) < 4.78 is 3.23. The summed E-state index contributed by atoms with van der Waals surface area (Å²) >= 11 is 3.70. The Kier molecular flexibility index (Phi) is 7.08. The highest BCUT2D eigenvalue weighted by Crippen LogP contribution is 2.23. The van der Waals surface area contributed by atoms with Gasteiger partial charge in [-0.3, -0.25) is 4.68 Å². The molecule has 1 aromatic heterocycles. The predicted octanol–water partition coefficient (Wildman–Crippen LogP) is 3.70. The number of hydrogen-bond donors (Lipinski definition) is 1. The number of aromatic nitrogens is 2. The largest absolute Gasteiger partial charge is 0.314 e. The van der Waals surface area contributed by atoms with Crippen LogP contribution in [0.5, 0.6) is 0 Å². The van der Waals surface area contributed by atoms with Gasteiger partial charge in [-0.2, -0.15) is 5.10 Å². The molecule has 0 radical (unpaired) electrons. The van der Waals surface area contributed by atoms with Gasteiger partial charge in [-0.25, -0.2) is 0 Å². The first-order valence-corrected chi connectivity index (χ1v) is 8.24. The van der Waals surface area contributed by atoms with Gasteiger partial charge in [0.1, 0.15) is 0 Å². The third kappa shape index (κ3) is 4.60. The van der Waals surface area contributed by atoms with E-state index in [-0.39, 0.29) is 0 Å². The number of hydrogen-bond acceptors (Lipinski definition) is 2. The Bertz CT molecular complexity index is 385. The van der Waals surface area contributed by atoms with Crippen molar-refractivity contribution in [2.75, 3.05) is 6.54 Å². The van der Waals surface area contributed by atoms with E-state index in [0.29, 0.717) is 12.0 Å². The quantitative estimate of drug-likeness (QED) is 0.788. The molecule has 1 N–H and O–H groups in total. The lowest BCUT2D eigenvalue weighted by Crippen LogP contribution is -2.35. The van der Waals surface area contributed by atoms with E-state index in [1.807, 2.05) is 11.7 Å². The monoisotopic (exact) mass is 329 g/mol. The first-order chi connectivity index (χ1) is 9.01. The minimum atomic E-state index is 0.590. The van der Waals surface area contributed by atoms with Crippen molar-refractivity contribution >= 4 is 15.9 Å². The zero-order chi connectivity index (χ0) is 14.4. The standard InChI is InChI=1S/C15H28BrN3/c1-6-10-17-13(11(3)4)8-9-14-15(16)12(7-2)18-19(14)5/h11,13,17H,6-10H2,1-5H3. The Balaban J connectivity index is 2.66. The van der Waals surface area contributed by atoms with Crippen molar-refractivity contribution < 1.29 is 0 Å². The van der Waals surface area contributed by atoms with Gasteiger partial charge in [-0.15, -0.1) is 0 Å². The van der Waals surface area contributed by atoms with Gasteiger partial charge in [0.25, 0.3) is 0 Å². The van der Waals surface area contributed by atoms with E-state index in [9.17, 15) is 0 Å². The fourth-order valence-electron chi connectivity index (χ4n) is 2.38. The highest BCUT2D eigenvalue weighted by molar-refractivity contribution is 9.10. The third-order valence-electron chi connectivity index (χ3n) is 3.66. The van der Waals surface area contributed by atoms with Gasteiger partial charge in [0, 0.05) is 13.1 Å². The minimum Gasteiger partial charge on any atom is -0.314 e. The van der Waals surface area contributed by atoms with Crippen LogP contribution in [0.4, 0.5) is 0 Å². The maximum atomic E-state index is 4.56. The molecule has 0 saturated carbocycles. The first kappa shape index (κ1) is 16.7. The lowest BCUT2D eigenvalue weighted by Gasteiger charge is -2.22. The lowest BCUT2D eigenvalue weighted by molar-refractivity contribution is 0.375. The topological polar surface area (TPSA) is 29.9 Å². The number of nitrogens with zero attached hydrogens (tertiary/aromatic N) is 2. The highest BCUT2D eigenvalue weighted by atomic mass is 79.9. The average molecular weight is 330 g/mol. The molecule has 3 nitrogen and oxygen atoms in total. The second-order valence-corrected chi connectivity index (χ2v) is 6.32. The second-order valence-electron chi connectivity index (χ2n) is 5.53. The fourth-order valence-corrected chi connectivity index (χ4v) is 3.20. The predicted molar refractivity (Wildman–Crippen MR) is 85.5 cm³/mol. The summed E-state index contributed by atoms with van der Waals surface area (Å²) in [6.45, 7) is 10.1. The van der Waals surface area contributed by atoms with Gasteiger partial charge in [-0.1, -0.05) is 27.7 Å². The van der Waals surface area contributed by atoms with E-state index in [1.54, 1.807) is 0 Å². The zero-order valence-electron chi connectivity index (χ0n) is 13.0. The van der Waals surface area contributed by atoms with Crippen molar-refractivity contribution in [1.82, 2.24) is 15.1 Å². The fraction of sp³-hybridized carbons (Fsp3) is 0.800. The molecule has 1 heterocycles. The summed E-state index contributed by atoms with van der Waals surface area (Å²) in [5.41, 5.74) is 2.49. The van der Waals surface area contributed by atoms with Crippen LogP contribution in [0.1, 0.15) is 51.9 Å². The Morgan fingerprint density at radius 1 is 1.32 bits per heavy atom. The Hall–Kier alpha value is -0.350. The molecule has 0 fully saturated rings. The van der Waals surface area contributed by atoms with Crippen molar-refractivity contribution in [3.63, 3.8) is 0 Å². The molecule has 0 aliphatic carbocycles. The van der Waals surface area contributed by atoms with Crippen molar-refractivity contribution in [2.45, 2.75) is 59.4 Å². The molecule has 4 heteroatoms. The summed E-state index contributed by atoms with van der Waals surface area (Å²) in [6.07, 6.45) is 4.41. The van der Waals surface area contributed by atoms with Crippen LogP contribution in [0.25, 0.3) is 0 Å². The first-order valence-electron chi connectivity index (χ1n) is 7.44. The molecule has 19 heavy (non-hydrogen) atoms. The molecule has 0 saturated heterocycles. The molecule has 110 valence electrons. The molecule has 0 aliphatic rings. The van der Waals surface area contributed by atoms with E-state index in [4.69, 9.17) is 0 Å². The van der Waals surface area contributed by atoms with E-state index < -0.39 is 0 Å². The number of halogens is 1. The average Bonchev–Trinajstić information content (AvgIpc) is 2.64. The second kappa shape index (κ2) is 8.05. The van der Waals surface area contributed by atoms with Gasteiger partial charge in [-0.05, 0) is 54.1 Å². The lowest BCUT2D eigenvalue weighted by atomic mass is 9.98. The number of rotatable bonds is 8. The van der Waals surface area contributed by atoms with Crippen LogP contribution >= 0.6 is 15.9 Å². The van der Waals surface area contributed by atoms with Crippen LogP contribution in [0.3, 0.4) is 0 Å². The Morgan fingerprint density at radius 2 is 2.00 bits per heavy atom. The van der Waals surface area contributed by atoms with E-state index in [1.165, 1.54) is 28.7 Å². The maximum absolute atomic E-state index is 4.56. The van der Waals surface area contributed by atoms with Crippen molar-refractivity contribution in [3.8, 4) is 0 Å². The Morgan fingerprint density at radius 3 is 2.47 bits per heavy atom. The van der Waals surface area contributed by atoms with Crippen LogP contribution < -0.4 is 5.32 Å². The maximum Gasteiger partial charge on any atom is 0.0766 e. The molecule has 0 aromatic carbocycles. The van der Waals surface area contributed by atoms with Gasteiger partial charge < -0.3 is 5.32 Å². The normalized spacial score (nSPS) is 13.2. The molecule has 0 spiro atoms. The van der Waals surface area contributed by atoms with E-state index in [0.717, 1.165) is 19.4 Å². The van der Waals surface area contributed by atoms with Crippen LogP contribution in [-0.4, -0.2) is 22.4 Å². The molecule has 1 atom stereocenters. The van der Waals surface area contributed by atoms with Crippen LogP contribution in [-0.2, 0) is 19.9 Å². The van der Waals surface area contributed by atoms with Crippen molar-refractivity contribution in [2.24, 2.45) is 13.0 Å². The van der Waals surface area contributed by atoms with Crippen molar-refractivity contribution in [1.29, 1.82) is 0 Å². The number of nitrogens with one attached hydrogen (secondary N) is 1. The summed E-state index contributed by atoms with van der Waals surface area (Å²) in [7, 11) is 2.04. The molecule has 1 aromatic rings. The summed E-state index contributed by atoms with van der Waals surface area (Å²) in [4.78, 5) is 0.